The van der Waals surface area contributed by atoms with E-state index in [0.29, 0.717) is 29.1 Å². The van der Waals surface area contributed by atoms with Crippen LogP contribution in [0.15, 0.2) is 30.5 Å². The van der Waals surface area contributed by atoms with Gasteiger partial charge in [0, 0.05) is 56.8 Å². The van der Waals surface area contributed by atoms with Crippen LogP contribution in [0.4, 0.5) is 15.6 Å². The maximum atomic E-state index is 13.2. The Morgan fingerprint density at radius 1 is 1.18 bits per heavy atom. The Balaban J connectivity index is 1.44. The molecule has 4 heterocycles. The Hall–Kier alpha value is -2.91. The van der Waals surface area contributed by atoms with Crippen LogP contribution in [-0.2, 0) is 15.0 Å². The van der Waals surface area contributed by atoms with Gasteiger partial charge in [-0.2, -0.15) is 0 Å². The van der Waals surface area contributed by atoms with Crippen molar-refractivity contribution in [2.45, 2.75) is 25.2 Å². The van der Waals surface area contributed by atoms with Crippen molar-refractivity contribution >= 4 is 57.7 Å². The number of halogens is 1. The third-order valence-corrected chi connectivity index (χ3v) is 7.70. The van der Waals surface area contributed by atoms with E-state index in [4.69, 9.17) is 11.6 Å². The highest BCUT2D eigenvalue weighted by Gasteiger charge is 2.49. The number of benzene rings is 1. The van der Waals surface area contributed by atoms with Crippen LogP contribution < -0.4 is 10.2 Å². The first-order chi connectivity index (χ1) is 15.8. The summed E-state index contributed by atoms with van der Waals surface area (Å²) in [5.41, 5.74) is 2.39. The molecule has 3 aliphatic rings. The number of amides is 4. The number of likely N-dealkylation sites (tertiary alicyclic amines) is 2. The molecule has 2 saturated heterocycles. The monoisotopic (exact) mass is 485 g/mol. The zero-order valence-electron chi connectivity index (χ0n) is 18.2. The first kappa shape index (κ1) is 21.9. The molecule has 0 aliphatic carbocycles. The highest BCUT2D eigenvalue weighted by Crippen LogP contribution is 2.47. The molecule has 2 fully saturated rings. The summed E-state index contributed by atoms with van der Waals surface area (Å²) in [7, 11) is 0. The van der Waals surface area contributed by atoms with Gasteiger partial charge in [0.25, 0.3) is 0 Å². The van der Waals surface area contributed by atoms with Gasteiger partial charge >= 0.3 is 6.03 Å². The third-order valence-electron chi connectivity index (χ3n) is 6.67. The van der Waals surface area contributed by atoms with E-state index in [1.807, 2.05) is 34.1 Å². The number of urea groups is 1. The van der Waals surface area contributed by atoms with Crippen LogP contribution in [0.3, 0.4) is 0 Å². The molecule has 8 nitrogen and oxygen atoms in total. The Morgan fingerprint density at radius 3 is 2.64 bits per heavy atom. The summed E-state index contributed by atoms with van der Waals surface area (Å²) in [4.78, 5) is 46.9. The zero-order chi connectivity index (χ0) is 23.2. The largest absolute Gasteiger partial charge is 0.342 e. The molecule has 3 aliphatic heterocycles. The number of fused-ring (bicyclic) bond motifs is 2. The molecule has 172 valence electrons. The number of nitrogens with one attached hydrogen (secondary N) is 1. The topological polar surface area (TPSA) is 85.9 Å². The number of hydrogen-bond acceptors (Lipinski definition) is 5. The minimum atomic E-state index is -0.343. The fourth-order valence-electron chi connectivity index (χ4n) is 4.74. The Labute approximate surface area is 200 Å². The van der Waals surface area contributed by atoms with Crippen molar-refractivity contribution in [1.29, 1.82) is 0 Å². The van der Waals surface area contributed by atoms with Gasteiger partial charge in [-0.25, -0.2) is 9.78 Å². The summed E-state index contributed by atoms with van der Waals surface area (Å²) in [6, 6.07) is 5.60. The maximum absolute atomic E-state index is 13.2. The van der Waals surface area contributed by atoms with Crippen molar-refractivity contribution in [3.05, 3.63) is 45.9 Å². The quantitative estimate of drug-likeness (QED) is 0.673. The van der Waals surface area contributed by atoms with Crippen molar-refractivity contribution < 1.29 is 14.4 Å². The van der Waals surface area contributed by atoms with E-state index in [9.17, 15) is 14.4 Å². The van der Waals surface area contributed by atoms with Gasteiger partial charge in [-0.15, -0.1) is 0 Å². The van der Waals surface area contributed by atoms with Gasteiger partial charge in [0.2, 0.25) is 11.8 Å². The number of nitrogens with zero attached hydrogens (tertiary/aromatic N) is 4. The van der Waals surface area contributed by atoms with Crippen LogP contribution in [0.2, 0.25) is 4.34 Å². The predicted molar refractivity (Wildman–Crippen MR) is 129 cm³/mol. The number of aromatic nitrogens is 1. The smallest absolute Gasteiger partial charge is 0.328 e. The van der Waals surface area contributed by atoms with E-state index < -0.39 is 0 Å². The van der Waals surface area contributed by atoms with Crippen molar-refractivity contribution in [2.24, 2.45) is 0 Å². The second kappa shape index (κ2) is 8.46. The summed E-state index contributed by atoms with van der Waals surface area (Å²) in [6.07, 6.45) is 6.76. The van der Waals surface area contributed by atoms with Gasteiger partial charge < -0.3 is 9.80 Å². The molecule has 1 N–H and O–H groups in total. The average molecular weight is 486 g/mol. The molecular formula is C23H24ClN5O3S. The minimum absolute atomic E-state index is 0.0168. The number of rotatable bonds is 3. The van der Waals surface area contributed by atoms with Gasteiger partial charge in [-0.3, -0.25) is 19.8 Å². The highest BCUT2D eigenvalue weighted by atomic mass is 35.5. The molecular weight excluding hydrogens is 462 g/mol. The van der Waals surface area contributed by atoms with Crippen LogP contribution in [0.25, 0.3) is 6.08 Å². The van der Waals surface area contributed by atoms with E-state index in [0.717, 1.165) is 42.7 Å². The standard InChI is InChI=1S/C23H24ClN5O3S/c1-15(30)28-10-7-23(13-28)14-29(22(32)26-21-25-12-19(24)33-21)18-5-3-16(11-17(18)23)4-6-20(31)27-8-2-9-27/h3-6,11-12H,2,7-10,13-14H2,1H3,(H,25,26,32)/b6-4+. The average Bonchev–Trinajstić information content (AvgIpc) is 3.44. The van der Waals surface area contributed by atoms with Gasteiger partial charge in [0.1, 0.15) is 4.34 Å². The van der Waals surface area contributed by atoms with Crippen molar-refractivity contribution in [2.75, 3.05) is 42.9 Å². The fraction of sp³-hybridized carbons (Fsp3) is 0.391. The molecule has 4 amide bonds. The van der Waals surface area contributed by atoms with E-state index in [1.54, 1.807) is 17.9 Å². The Kier molecular flexibility index (Phi) is 5.62. The molecule has 1 atom stereocenters. The van der Waals surface area contributed by atoms with E-state index in [-0.39, 0.29) is 23.3 Å². The second-order valence-corrected chi connectivity index (χ2v) is 10.4. The number of carbonyl (C=O) groups is 3. The van der Waals surface area contributed by atoms with Gasteiger partial charge in [0.05, 0.1) is 6.20 Å². The molecule has 1 aromatic heterocycles. The number of carbonyl (C=O) groups excluding carboxylic acids is 3. The van der Waals surface area contributed by atoms with Gasteiger partial charge in [-0.1, -0.05) is 29.0 Å². The Morgan fingerprint density at radius 2 is 2.00 bits per heavy atom. The first-order valence-electron chi connectivity index (χ1n) is 10.9. The summed E-state index contributed by atoms with van der Waals surface area (Å²) < 4.78 is 0.501. The molecule has 5 rings (SSSR count). The third kappa shape index (κ3) is 4.11. The molecule has 10 heteroatoms. The Bertz CT molecular complexity index is 1160. The van der Waals surface area contributed by atoms with E-state index >= 15 is 0 Å². The van der Waals surface area contributed by atoms with Crippen LogP contribution >= 0.6 is 22.9 Å². The molecule has 0 bridgehead atoms. The van der Waals surface area contributed by atoms with Gasteiger partial charge in [-0.05, 0) is 42.2 Å². The maximum Gasteiger partial charge on any atom is 0.328 e. The molecule has 1 spiro atoms. The first-order valence-corrected chi connectivity index (χ1v) is 12.1. The van der Waals surface area contributed by atoms with E-state index in [2.05, 4.69) is 10.3 Å². The summed E-state index contributed by atoms with van der Waals surface area (Å²) >= 11 is 7.15. The normalized spacial score (nSPS) is 21.6. The fourth-order valence-corrected chi connectivity index (χ4v) is 5.54. The molecule has 33 heavy (non-hydrogen) atoms. The zero-order valence-corrected chi connectivity index (χ0v) is 19.8. The lowest BCUT2D eigenvalue weighted by atomic mass is 9.81. The molecule has 1 aromatic carbocycles. The molecule has 0 radical (unpaired) electrons. The van der Waals surface area contributed by atoms with Crippen molar-refractivity contribution in [3.8, 4) is 0 Å². The SMILES string of the molecule is CC(=O)N1CCC2(C1)CN(C(=O)Nc1ncc(Cl)s1)c1ccc(/C=C/C(=O)N3CCC3)cc12. The van der Waals surface area contributed by atoms with Crippen molar-refractivity contribution in [1.82, 2.24) is 14.8 Å². The molecule has 2 aromatic rings. The minimum Gasteiger partial charge on any atom is -0.342 e. The lowest BCUT2D eigenvalue weighted by Crippen LogP contribution is -2.41. The molecule has 0 saturated carbocycles. The summed E-state index contributed by atoms with van der Waals surface area (Å²) in [5, 5.41) is 3.27. The number of anilines is 2. The summed E-state index contributed by atoms with van der Waals surface area (Å²) in [5.74, 6) is 0.0492. The summed E-state index contributed by atoms with van der Waals surface area (Å²) in [6.45, 7) is 4.88. The molecule has 1 unspecified atom stereocenters. The van der Waals surface area contributed by atoms with Crippen molar-refractivity contribution in [3.63, 3.8) is 0 Å². The van der Waals surface area contributed by atoms with Gasteiger partial charge in [0.15, 0.2) is 5.13 Å². The highest BCUT2D eigenvalue weighted by molar-refractivity contribution is 7.19. The van der Waals surface area contributed by atoms with E-state index in [1.165, 1.54) is 17.5 Å². The van der Waals surface area contributed by atoms with Crippen LogP contribution in [0, 0.1) is 0 Å². The predicted octanol–water partition coefficient (Wildman–Crippen LogP) is 3.58. The van der Waals surface area contributed by atoms with Crippen LogP contribution in [0.5, 0.6) is 0 Å². The second-order valence-electron chi connectivity index (χ2n) is 8.75. The number of thiazole rings is 1. The lowest BCUT2D eigenvalue weighted by Gasteiger charge is -2.29. The van der Waals surface area contributed by atoms with Crippen LogP contribution in [0.1, 0.15) is 30.9 Å². The number of hydrogen-bond donors (Lipinski definition) is 1. The van der Waals surface area contributed by atoms with Crippen LogP contribution in [-0.4, -0.2) is 65.4 Å². The lowest BCUT2D eigenvalue weighted by molar-refractivity contribution is -0.129.